The lowest BCUT2D eigenvalue weighted by Crippen LogP contribution is -2.24. The highest BCUT2D eigenvalue weighted by Crippen LogP contribution is 2.29. The van der Waals surface area contributed by atoms with Crippen LogP contribution in [0.1, 0.15) is 50.4 Å². The first-order valence-electron chi connectivity index (χ1n) is 12.4. The van der Waals surface area contributed by atoms with Crippen molar-refractivity contribution in [2.24, 2.45) is 0 Å². The second-order valence-electron chi connectivity index (χ2n) is 8.47. The van der Waals surface area contributed by atoms with E-state index in [1.807, 2.05) is 67.6 Å². The highest BCUT2D eigenvalue weighted by Gasteiger charge is 2.18. The SMILES string of the molecule is CCCCOc1ccc(NC(=O)C(CC)Sc2cccc(NC(=S)Nc3ccc(C(C)=O)cc3)c2)cc1. The monoisotopic (exact) mass is 535 g/mol. The van der Waals surface area contributed by atoms with Crippen LogP contribution in [-0.4, -0.2) is 28.7 Å². The lowest BCUT2D eigenvalue weighted by molar-refractivity contribution is -0.115. The molecule has 194 valence electrons. The van der Waals surface area contributed by atoms with Gasteiger partial charge in [0.15, 0.2) is 10.9 Å². The van der Waals surface area contributed by atoms with Crippen LogP contribution in [0.15, 0.2) is 77.7 Å². The molecule has 3 N–H and O–H groups in total. The molecule has 3 aromatic carbocycles. The lowest BCUT2D eigenvalue weighted by Gasteiger charge is -2.16. The summed E-state index contributed by atoms with van der Waals surface area (Å²) < 4.78 is 5.69. The van der Waals surface area contributed by atoms with Crippen molar-refractivity contribution in [3.05, 3.63) is 78.4 Å². The van der Waals surface area contributed by atoms with Crippen LogP contribution >= 0.6 is 24.0 Å². The molecule has 37 heavy (non-hydrogen) atoms. The Morgan fingerprint density at radius 1 is 0.892 bits per heavy atom. The molecule has 0 aliphatic heterocycles. The topological polar surface area (TPSA) is 79.5 Å². The number of carbonyl (C=O) groups is 2. The first kappa shape index (κ1) is 28.2. The van der Waals surface area contributed by atoms with Crippen LogP contribution in [0.25, 0.3) is 0 Å². The number of carbonyl (C=O) groups excluding carboxylic acids is 2. The minimum Gasteiger partial charge on any atom is -0.494 e. The predicted octanol–water partition coefficient (Wildman–Crippen LogP) is 7.39. The number of thioether (sulfide) groups is 1. The van der Waals surface area contributed by atoms with E-state index in [0.717, 1.165) is 40.5 Å². The van der Waals surface area contributed by atoms with Gasteiger partial charge in [0, 0.05) is 27.5 Å². The van der Waals surface area contributed by atoms with Crippen molar-refractivity contribution in [1.82, 2.24) is 0 Å². The van der Waals surface area contributed by atoms with E-state index in [1.54, 1.807) is 12.1 Å². The largest absolute Gasteiger partial charge is 0.494 e. The molecule has 0 radical (unpaired) electrons. The number of rotatable bonds is 12. The Balaban J connectivity index is 1.54. The first-order valence-corrected chi connectivity index (χ1v) is 13.7. The summed E-state index contributed by atoms with van der Waals surface area (Å²) >= 11 is 6.95. The maximum Gasteiger partial charge on any atom is 0.237 e. The van der Waals surface area contributed by atoms with Crippen molar-refractivity contribution in [3.63, 3.8) is 0 Å². The van der Waals surface area contributed by atoms with E-state index in [1.165, 1.54) is 18.7 Å². The van der Waals surface area contributed by atoms with Gasteiger partial charge in [-0.25, -0.2) is 0 Å². The molecule has 0 heterocycles. The van der Waals surface area contributed by atoms with Gasteiger partial charge in [-0.05, 0) is 98.7 Å². The molecule has 3 rings (SSSR count). The third kappa shape index (κ3) is 9.22. The minimum absolute atomic E-state index is 0.0194. The highest BCUT2D eigenvalue weighted by molar-refractivity contribution is 8.00. The molecule has 8 heteroatoms. The van der Waals surface area contributed by atoms with Crippen LogP contribution in [0.3, 0.4) is 0 Å². The standard InChI is InChI=1S/C29H33N3O3S2/c1-4-6-18-35-25-16-14-22(15-17-25)30-28(34)27(5-2)37-26-9-7-8-24(19-26)32-29(36)31-23-12-10-21(11-13-23)20(3)33/h7-17,19,27H,4-6,18H2,1-3H3,(H,30,34)(H2,31,32,36). The third-order valence-electron chi connectivity index (χ3n) is 5.47. The van der Waals surface area contributed by atoms with Crippen LogP contribution in [0.5, 0.6) is 5.75 Å². The number of benzene rings is 3. The van der Waals surface area contributed by atoms with Crippen LogP contribution in [-0.2, 0) is 4.79 Å². The number of hydrogen-bond donors (Lipinski definition) is 3. The Bertz CT molecular complexity index is 1200. The summed E-state index contributed by atoms with van der Waals surface area (Å²) in [6, 6.07) is 22.4. The number of ketones is 1. The fourth-order valence-corrected chi connectivity index (χ4v) is 4.66. The Labute approximate surface area is 228 Å². The second kappa shape index (κ2) is 14.4. The molecule has 0 spiro atoms. The quantitative estimate of drug-likeness (QED) is 0.0966. The van der Waals surface area contributed by atoms with E-state index in [4.69, 9.17) is 17.0 Å². The van der Waals surface area contributed by atoms with Crippen LogP contribution in [0, 0.1) is 0 Å². The van der Waals surface area contributed by atoms with Gasteiger partial charge < -0.3 is 20.7 Å². The number of ether oxygens (including phenoxy) is 1. The van der Waals surface area contributed by atoms with Crippen molar-refractivity contribution in [3.8, 4) is 5.75 Å². The zero-order valence-electron chi connectivity index (χ0n) is 21.4. The molecule has 0 fully saturated rings. The summed E-state index contributed by atoms with van der Waals surface area (Å²) in [5.74, 6) is 0.778. The van der Waals surface area contributed by atoms with Crippen molar-refractivity contribution in [2.75, 3.05) is 22.6 Å². The fraction of sp³-hybridized carbons (Fsp3) is 0.276. The number of amides is 1. The molecule has 0 aliphatic rings. The van der Waals surface area contributed by atoms with Crippen molar-refractivity contribution in [2.45, 2.75) is 50.2 Å². The van der Waals surface area contributed by atoms with E-state index >= 15 is 0 Å². The second-order valence-corrected chi connectivity index (χ2v) is 10.2. The van der Waals surface area contributed by atoms with Crippen molar-refractivity contribution in [1.29, 1.82) is 0 Å². The number of hydrogen-bond acceptors (Lipinski definition) is 5. The Morgan fingerprint density at radius 3 is 2.19 bits per heavy atom. The van der Waals surface area contributed by atoms with Gasteiger partial charge >= 0.3 is 0 Å². The van der Waals surface area contributed by atoms with Gasteiger partial charge in [0.2, 0.25) is 5.91 Å². The molecule has 0 aromatic heterocycles. The molecule has 0 saturated carbocycles. The van der Waals surface area contributed by atoms with Crippen LogP contribution in [0.2, 0.25) is 0 Å². The minimum atomic E-state index is -0.249. The molecule has 0 aliphatic carbocycles. The van der Waals surface area contributed by atoms with E-state index in [-0.39, 0.29) is 16.9 Å². The summed E-state index contributed by atoms with van der Waals surface area (Å²) in [4.78, 5) is 25.3. The maximum absolute atomic E-state index is 12.9. The van der Waals surface area contributed by atoms with Gasteiger partial charge in [-0.2, -0.15) is 0 Å². The zero-order valence-corrected chi connectivity index (χ0v) is 23.0. The maximum atomic E-state index is 12.9. The number of thiocarbonyl (C=S) groups is 1. The van der Waals surface area contributed by atoms with Gasteiger partial charge in [-0.15, -0.1) is 11.8 Å². The molecule has 3 aromatic rings. The zero-order chi connectivity index (χ0) is 26.6. The smallest absolute Gasteiger partial charge is 0.237 e. The predicted molar refractivity (Wildman–Crippen MR) is 158 cm³/mol. The van der Waals surface area contributed by atoms with Gasteiger partial charge in [-0.3, -0.25) is 9.59 Å². The van der Waals surface area contributed by atoms with Gasteiger partial charge in [-0.1, -0.05) is 26.3 Å². The lowest BCUT2D eigenvalue weighted by atomic mass is 10.1. The van der Waals surface area contributed by atoms with E-state index in [2.05, 4.69) is 22.9 Å². The molecule has 0 bridgehead atoms. The molecular weight excluding hydrogens is 502 g/mol. The van der Waals surface area contributed by atoms with E-state index in [0.29, 0.717) is 23.7 Å². The van der Waals surface area contributed by atoms with Gasteiger partial charge in [0.05, 0.1) is 11.9 Å². The van der Waals surface area contributed by atoms with Gasteiger partial charge in [0.25, 0.3) is 0 Å². The number of Topliss-reactive ketones (excluding diaryl/α,β-unsaturated/α-hetero) is 1. The molecule has 1 amide bonds. The number of anilines is 3. The Kier molecular flexibility index (Phi) is 11.0. The van der Waals surface area contributed by atoms with Crippen LogP contribution in [0.4, 0.5) is 17.1 Å². The Morgan fingerprint density at radius 2 is 1.54 bits per heavy atom. The average Bonchev–Trinajstić information content (AvgIpc) is 2.89. The normalized spacial score (nSPS) is 11.3. The summed E-state index contributed by atoms with van der Waals surface area (Å²) in [6.07, 6.45) is 2.79. The summed E-state index contributed by atoms with van der Waals surface area (Å²) in [5.41, 5.74) is 3.00. The van der Waals surface area contributed by atoms with Gasteiger partial charge in [0.1, 0.15) is 5.75 Å². The van der Waals surface area contributed by atoms with Crippen molar-refractivity contribution < 1.29 is 14.3 Å². The van der Waals surface area contributed by atoms with E-state index < -0.39 is 0 Å². The van der Waals surface area contributed by atoms with Crippen molar-refractivity contribution >= 4 is 57.8 Å². The average molecular weight is 536 g/mol. The summed E-state index contributed by atoms with van der Waals surface area (Å²) in [6.45, 7) is 6.36. The number of unbranched alkanes of at least 4 members (excludes halogenated alkanes) is 1. The van der Waals surface area contributed by atoms with Crippen LogP contribution < -0.4 is 20.7 Å². The summed E-state index contributed by atoms with van der Waals surface area (Å²) in [7, 11) is 0. The van der Waals surface area contributed by atoms with E-state index in [9.17, 15) is 9.59 Å². The summed E-state index contributed by atoms with van der Waals surface area (Å²) in [5, 5.41) is 9.50. The first-order chi connectivity index (χ1) is 17.9. The highest BCUT2D eigenvalue weighted by atomic mass is 32.2. The molecule has 1 atom stereocenters. The molecular formula is C29H33N3O3S2. The molecule has 6 nitrogen and oxygen atoms in total. The number of nitrogens with one attached hydrogen (secondary N) is 3. The molecule has 0 saturated heterocycles. The Hall–Kier alpha value is -3.36. The fourth-order valence-electron chi connectivity index (χ4n) is 3.41. The molecule has 1 unspecified atom stereocenters. The third-order valence-corrected chi connectivity index (χ3v) is 7.03.